The summed E-state index contributed by atoms with van der Waals surface area (Å²) in [5.41, 5.74) is 2.26. The lowest BCUT2D eigenvalue weighted by Crippen LogP contribution is -2.35. The van der Waals surface area contributed by atoms with Gasteiger partial charge in [-0.15, -0.1) is 0 Å². The highest BCUT2D eigenvalue weighted by atomic mass is 16.5. The molecule has 1 aromatic rings. The van der Waals surface area contributed by atoms with Crippen LogP contribution in [0.3, 0.4) is 0 Å². The van der Waals surface area contributed by atoms with Crippen molar-refractivity contribution in [3.05, 3.63) is 34.9 Å². The Balaban J connectivity index is 2.00. The summed E-state index contributed by atoms with van der Waals surface area (Å²) < 4.78 is 5.61. The van der Waals surface area contributed by atoms with Crippen molar-refractivity contribution in [3.8, 4) is 11.8 Å². The van der Waals surface area contributed by atoms with Crippen molar-refractivity contribution in [1.82, 2.24) is 5.32 Å². The molecular formula is C17H21NO3. The first-order chi connectivity index (χ1) is 10.2. The van der Waals surface area contributed by atoms with Crippen molar-refractivity contribution in [3.63, 3.8) is 0 Å². The summed E-state index contributed by atoms with van der Waals surface area (Å²) in [6.45, 7) is 3.04. The van der Waals surface area contributed by atoms with E-state index in [1.54, 1.807) is 6.07 Å². The van der Waals surface area contributed by atoms with Gasteiger partial charge >= 0.3 is 0 Å². The molecule has 112 valence electrons. The Morgan fingerprint density at radius 2 is 2.33 bits per heavy atom. The molecule has 1 heterocycles. The molecule has 4 nitrogen and oxygen atoms in total. The van der Waals surface area contributed by atoms with Gasteiger partial charge in [0.25, 0.3) is 5.91 Å². The summed E-state index contributed by atoms with van der Waals surface area (Å²) in [4.78, 5) is 12.3. The number of carbonyl (C=O) groups excluding carboxylic acids is 1. The van der Waals surface area contributed by atoms with Gasteiger partial charge in [0, 0.05) is 24.3 Å². The zero-order valence-corrected chi connectivity index (χ0v) is 12.3. The molecule has 0 aliphatic carbocycles. The molecule has 0 radical (unpaired) electrons. The van der Waals surface area contributed by atoms with Crippen LogP contribution in [-0.4, -0.2) is 36.9 Å². The second kappa shape index (κ2) is 7.82. The third-order valence-corrected chi connectivity index (χ3v) is 3.56. The number of carbonyl (C=O) groups is 1. The van der Waals surface area contributed by atoms with E-state index in [4.69, 9.17) is 9.84 Å². The third kappa shape index (κ3) is 4.59. The average molecular weight is 287 g/mol. The number of hydrogen-bond donors (Lipinski definition) is 2. The van der Waals surface area contributed by atoms with E-state index >= 15 is 0 Å². The van der Waals surface area contributed by atoms with E-state index in [9.17, 15) is 4.79 Å². The van der Waals surface area contributed by atoms with Crippen LogP contribution in [0.1, 0.15) is 40.7 Å². The summed E-state index contributed by atoms with van der Waals surface area (Å²) in [6.07, 6.45) is 3.39. The van der Waals surface area contributed by atoms with Crippen molar-refractivity contribution >= 4 is 5.91 Å². The molecule has 1 unspecified atom stereocenters. The maximum absolute atomic E-state index is 12.3. The molecule has 1 aliphatic heterocycles. The van der Waals surface area contributed by atoms with Crippen molar-refractivity contribution in [2.24, 2.45) is 0 Å². The molecule has 2 N–H and O–H groups in total. The van der Waals surface area contributed by atoms with Crippen molar-refractivity contribution in [2.75, 3.05) is 19.8 Å². The van der Waals surface area contributed by atoms with Crippen molar-refractivity contribution < 1.29 is 14.6 Å². The number of aliphatic hydroxyl groups excluding tert-OH is 1. The Morgan fingerprint density at radius 3 is 3.05 bits per heavy atom. The van der Waals surface area contributed by atoms with Gasteiger partial charge in [0.2, 0.25) is 0 Å². The number of amides is 1. The number of nitrogens with one attached hydrogen (secondary N) is 1. The smallest absolute Gasteiger partial charge is 0.251 e. The number of ether oxygens (including phenoxy) is 1. The van der Waals surface area contributed by atoms with Crippen LogP contribution in [0.4, 0.5) is 0 Å². The van der Waals surface area contributed by atoms with Gasteiger partial charge < -0.3 is 15.2 Å². The zero-order valence-electron chi connectivity index (χ0n) is 12.3. The summed E-state index contributed by atoms with van der Waals surface area (Å²) in [7, 11) is 0. The average Bonchev–Trinajstić information content (AvgIpc) is 2.53. The second-order valence-corrected chi connectivity index (χ2v) is 5.19. The molecule has 21 heavy (non-hydrogen) atoms. The number of aryl methyl sites for hydroxylation is 1. The summed E-state index contributed by atoms with van der Waals surface area (Å²) in [5.74, 6) is 5.30. The first kappa shape index (κ1) is 15.6. The minimum atomic E-state index is -0.186. The fraction of sp³-hybridized carbons (Fsp3) is 0.471. The van der Waals surface area contributed by atoms with E-state index < -0.39 is 0 Å². The highest BCUT2D eigenvalue weighted by Crippen LogP contribution is 2.13. The molecule has 0 bridgehead atoms. The van der Waals surface area contributed by atoms with Crippen LogP contribution in [0.25, 0.3) is 0 Å². The first-order valence-corrected chi connectivity index (χ1v) is 7.31. The highest BCUT2D eigenvalue weighted by molar-refractivity contribution is 5.96. The van der Waals surface area contributed by atoms with Gasteiger partial charge in [-0.1, -0.05) is 17.9 Å². The molecule has 1 aliphatic rings. The van der Waals surface area contributed by atoms with Crippen molar-refractivity contribution in [2.45, 2.75) is 32.3 Å². The van der Waals surface area contributed by atoms with E-state index in [2.05, 4.69) is 17.2 Å². The monoisotopic (exact) mass is 287 g/mol. The minimum Gasteiger partial charge on any atom is -0.384 e. The number of aliphatic hydroxyl groups is 1. The van der Waals surface area contributed by atoms with Gasteiger partial charge in [-0.2, -0.15) is 0 Å². The standard InChI is InChI=1S/C17H21NO3/c1-13-7-8-14(5-4-9-19)11-16(13)17(20)18-12-15-6-2-3-10-21-15/h7-8,11,15,19H,2-3,6,9-10,12H2,1H3,(H,18,20). The lowest BCUT2D eigenvalue weighted by atomic mass is 10.0. The van der Waals surface area contributed by atoms with Crippen LogP contribution in [0.5, 0.6) is 0 Å². The third-order valence-electron chi connectivity index (χ3n) is 3.56. The zero-order chi connectivity index (χ0) is 15.1. The Kier molecular flexibility index (Phi) is 5.79. The lowest BCUT2D eigenvalue weighted by Gasteiger charge is -2.22. The molecule has 1 aromatic carbocycles. The van der Waals surface area contributed by atoms with Gasteiger partial charge in [0.05, 0.1) is 6.10 Å². The second-order valence-electron chi connectivity index (χ2n) is 5.19. The molecule has 0 spiro atoms. The molecule has 2 rings (SSSR count). The van der Waals surface area contributed by atoms with Crippen molar-refractivity contribution in [1.29, 1.82) is 0 Å². The number of benzene rings is 1. The Bertz CT molecular complexity index is 551. The summed E-state index contributed by atoms with van der Waals surface area (Å²) in [6, 6.07) is 5.47. The van der Waals surface area contributed by atoms with Crippen LogP contribution in [-0.2, 0) is 4.74 Å². The molecule has 1 amide bonds. The SMILES string of the molecule is Cc1ccc(C#CCO)cc1C(=O)NCC1CCCCO1. The van der Waals surface area contributed by atoms with E-state index in [-0.39, 0.29) is 18.6 Å². The fourth-order valence-electron chi connectivity index (χ4n) is 2.36. The van der Waals surface area contributed by atoms with Gasteiger partial charge in [-0.25, -0.2) is 0 Å². The van der Waals surface area contributed by atoms with E-state index in [0.717, 1.165) is 37.0 Å². The van der Waals surface area contributed by atoms with E-state index in [0.29, 0.717) is 12.1 Å². The molecule has 1 fully saturated rings. The van der Waals surface area contributed by atoms with Crippen LogP contribution in [0.15, 0.2) is 18.2 Å². The molecule has 1 saturated heterocycles. The van der Waals surface area contributed by atoms with Crippen LogP contribution in [0.2, 0.25) is 0 Å². The topological polar surface area (TPSA) is 58.6 Å². The summed E-state index contributed by atoms with van der Waals surface area (Å²) >= 11 is 0. The normalized spacial score (nSPS) is 17.7. The molecule has 1 atom stereocenters. The highest BCUT2D eigenvalue weighted by Gasteiger charge is 2.16. The largest absolute Gasteiger partial charge is 0.384 e. The first-order valence-electron chi connectivity index (χ1n) is 7.31. The Hall–Kier alpha value is -1.83. The minimum absolute atomic E-state index is 0.102. The van der Waals surface area contributed by atoms with Crippen LogP contribution in [0, 0.1) is 18.8 Å². The van der Waals surface area contributed by atoms with Gasteiger partial charge in [-0.3, -0.25) is 4.79 Å². The predicted octanol–water partition coefficient (Wildman–Crippen LogP) is 1.64. The number of hydrogen-bond acceptors (Lipinski definition) is 3. The molecule has 4 heteroatoms. The number of rotatable bonds is 3. The maximum atomic E-state index is 12.3. The van der Waals surface area contributed by atoms with E-state index in [1.807, 2.05) is 19.1 Å². The fourth-order valence-corrected chi connectivity index (χ4v) is 2.36. The Labute approximate surface area is 125 Å². The Morgan fingerprint density at radius 1 is 1.48 bits per heavy atom. The van der Waals surface area contributed by atoms with Crippen LogP contribution < -0.4 is 5.32 Å². The van der Waals surface area contributed by atoms with Gasteiger partial charge in [0.15, 0.2) is 0 Å². The lowest BCUT2D eigenvalue weighted by molar-refractivity contribution is 0.0169. The molecule has 0 saturated carbocycles. The summed E-state index contributed by atoms with van der Waals surface area (Å²) in [5, 5.41) is 11.7. The predicted molar refractivity (Wildman–Crippen MR) is 81.1 cm³/mol. The van der Waals surface area contributed by atoms with E-state index in [1.165, 1.54) is 0 Å². The maximum Gasteiger partial charge on any atom is 0.251 e. The molecular weight excluding hydrogens is 266 g/mol. The molecule has 0 aromatic heterocycles. The quantitative estimate of drug-likeness (QED) is 0.831. The van der Waals surface area contributed by atoms with Gasteiger partial charge in [0.1, 0.15) is 6.61 Å². The van der Waals surface area contributed by atoms with Gasteiger partial charge in [-0.05, 0) is 43.9 Å². The van der Waals surface area contributed by atoms with Crippen LogP contribution >= 0.6 is 0 Å².